The van der Waals surface area contributed by atoms with Crippen molar-refractivity contribution in [1.29, 1.82) is 0 Å². The number of aliphatic imine (C=N–C) groups is 1. The highest BCUT2D eigenvalue weighted by atomic mass is 35.5. The third-order valence-corrected chi connectivity index (χ3v) is 4.89. The summed E-state index contributed by atoms with van der Waals surface area (Å²) in [5.41, 5.74) is 4.15. The smallest absolute Gasteiger partial charge is 0.230 e. The van der Waals surface area contributed by atoms with Gasteiger partial charge in [-0.3, -0.25) is 10.2 Å². The molecule has 3 aromatic rings. The van der Waals surface area contributed by atoms with E-state index in [1.54, 1.807) is 0 Å². The SMILES string of the molecule is Cc1ccc2c(C)nc(NC3=NCN(Cc4ccccc4Cl)CN3)nc2c1. The molecule has 1 aromatic heterocycles. The maximum absolute atomic E-state index is 6.24. The fraction of sp³-hybridized carbons (Fsp3) is 0.250. The Balaban J connectivity index is 1.46. The number of rotatable bonds is 3. The first kappa shape index (κ1) is 17.7. The second-order valence-corrected chi connectivity index (χ2v) is 7.09. The molecule has 7 heteroatoms. The van der Waals surface area contributed by atoms with Crippen LogP contribution in [0.1, 0.15) is 16.8 Å². The molecule has 6 nitrogen and oxygen atoms in total. The van der Waals surface area contributed by atoms with Crippen molar-refractivity contribution in [3.8, 4) is 0 Å². The molecule has 0 unspecified atom stereocenters. The number of nitrogens with one attached hydrogen (secondary N) is 2. The zero-order chi connectivity index (χ0) is 18.8. The van der Waals surface area contributed by atoms with Gasteiger partial charge in [0.05, 0.1) is 24.5 Å². The quantitative estimate of drug-likeness (QED) is 0.725. The van der Waals surface area contributed by atoms with Crippen LogP contribution in [-0.2, 0) is 6.54 Å². The summed E-state index contributed by atoms with van der Waals surface area (Å²) in [5, 5.41) is 8.31. The first-order valence-corrected chi connectivity index (χ1v) is 9.22. The van der Waals surface area contributed by atoms with Crippen molar-refractivity contribution in [3.05, 3.63) is 64.3 Å². The lowest BCUT2D eigenvalue weighted by Crippen LogP contribution is -2.45. The van der Waals surface area contributed by atoms with Gasteiger partial charge in [0.2, 0.25) is 11.9 Å². The molecule has 2 N–H and O–H groups in total. The van der Waals surface area contributed by atoms with E-state index >= 15 is 0 Å². The van der Waals surface area contributed by atoms with Crippen LogP contribution in [0.15, 0.2) is 47.5 Å². The zero-order valence-electron chi connectivity index (χ0n) is 15.3. The zero-order valence-corrected chi connectivity index (χ0v) is 16.1. The number of aryl methyl sites for hydroxylation is 2. The highest BCUT2D eigenvalue weighted by Gasteiger charge is 2.15. The standard InChI is InChI=1S/C20H21ClN6/c1-13-7-8-16-14(2)24-20(25-18(16)9-13)26-19-22-11-27(12-23-19)10-15-5-3-4-6-17(15)21/h3-9H,10-12H2,1-2H3,(H2,22,23,24,25,26). The van der Waals surface area contributed by atoms with Crippen molar-refractivity contribution < 1.29 is 0 Å². The molecule has 27 heavy (non-hydrogen) atoms. The molecule has 0 bridgehead atoms. The molecule has 0 amide bonds. The van der Waals surface area contributed by atoms with Crippen molar-refractivity contribution in [2.24, 2.45) is 4.99 Å². The van der Waals surface area contributed by atoms with E-state index in [1.165, 1.54) is 5.56 Å². The molecule has 0 aliphatic carbocycles. The van der Waals surface area contributed by atoms with Gasteiger partial charge in [-0.15, -0.1) is 0 Å². The number of benzene rings is 2. The van der Waals surface area contributed by atoms with E-state index < -0.39 is 0 Å². The van der Waals surface area contributed by atoms with Crippen molar-refractivity contribution in [1.82, 2.24) is 20.2 Å². The Hall–Kier alpha value is -2.70. The van der Waals surface area contributed by atoms with Crippen LogP contribution in [0.3, 0.4) is 0 Å². The first-order valence-electron chi connectivity index (χ1n) is 8.84. The van der Waals surface area contributed by atoms with E-state index in [-0.39, 0.29) is 0 Å². The Morgan fingerprint density at radius 2 is 2.00 bits per heavy atom. The largest absolute Gasteiger partial charge is 0.343 e. The van der Waals surface area contributed by atoms with E-state index in [4.69, 9.17) is 11.6 Å². The van der Waals surface area contributed by atoms with Crippen LogP contribution in [0.2, 0.25) is 5.02 Å². The molecule has 0 atom stereocenters. The van der Waals surface area contributed by atoms with E-state index in [0.29, 0.717) is 25.2 Å². The number of anilines is 1. The lowest BCUT2D eigenvalue weighted by Gasteiger charge is -2.27. The number of hydrogen-bond donors (Lipinski definition) is 2. The van der Waals surface area contributed by atoms with Crippen LogP contribution in [0.5, 0.6) is 0 Å². The molecular weight excluding hydrogens is 360 g/mol. The Morgan fingerprint density at radius 1 is 1.15 bits per heavy atom. The summed E-state index contributed by atoms with van der Waals surface area (Å²) in [5.74, 6) is 1.23. The topological polar surface area (TPSA) is 65.4 Å². The summed E-state index contributed by atoms with van der Waals surface area (Å²) < 4.78 is 0. The molecule has 4 rings (SSSR count). The minimum atomic E-state index is 0.552. The molecule has 0 saturated heterocycles. The van der Waals surface area contributed by atoms with Gasteiger partial charge in [0, 0.05) is 17.0 Å². The average molecular weight is 381 g/mol. The van der Waals surface area contributed by atoms with Crippen molar-refractivity contribution in [2.75, 3.05) is 18.7 Å². The third-order valence-electron chi connectivity index (χ3n) is 4.52. The van der Waals surface area contributed by atoms with Gasteiger partial charge in [0.1, 0.15) is 0 Å². The van der Waals surface area contributed by atoms with Crippen LogP contribution in [0.4, 0.5) is 5.95 Å². The van der Waals surface area contributed by atoms with E-state index in [1.807, 2.05) is 31.2 Å². The summed E-state index contributed by atoms with van der Waals surface area (Å²) in [6, 6.07) is 14.1. The van der Waals surface area contributed by atoms with E-state index in [0.717, 1.165) is 33.7 Å². The maximum atomic E-state index is 6.24. The fourth-order valence-electron chi connectivity index (χ4n) is 3.08. The lowest BCUT2D eigenvalue weighted by molar-refractivity contribution is 0.257. The van der Waals surface area contributed by atoms with Gasteiger partial charge >= 0.3 is 0 Å². The Morgan fingerprint density at radius 3 is 2.78 bits per heavy atom. The van der Waals surface area contributed by atoms with Gasteiger partial charge < -0.3 is 5.32 Å². The molecular formula is C20H21ClN6. The maximum Gasteiger partial charge on any atom is 0.230 e. The second-order valence-electron chi connectivity index (χ2n) is 6.68. The lowest BCUT2D eigenvalue weighted by atomic mass is 10.1. The predicted molar refractivity (Wildman–Crippen MR) is 110 cm³/mol. The van der Waals surface area contributed by atoms with Crippen LogP contribution in [0.25, 0.3) is 10.9 Å². The Kier molecular flexibility index (Phi) is 4.92. The summed E-state index contributed by atoms with van der Waals surface area (Å²) in [6.45, 7) is 6.04. The molecule has 1 aliphatic rings. The first-order chi connectivity index (χ1) is 13.1. The van der Waals surface area contributed by atoms with Crippen molar-refractivity contribution >= 4 is 34.4 Å². The molecule has 0 spiro atoms. The van der Waals surface area contributed by atoms with Gasteiger partial charge in [0.15, 0.2) is 0 Å². The molecule has 138 valence electrons. The van der Waals surface area contributed by atoms with Gasteiger partial charge in [-0.05, 0) is 37.1 Å². The Labute approximate surface area is 163 Å². The molecule has 1 aliphatic heterocycles. The summed E-state index contributed by atoms with van der Waals surface area (Å²) in [6.07, 6.45) is 0. The molecule has 0 fully saturated rings. The number of guanidine groups is 1. The minimum absolute atomic E-state index is 0.552. The summed E-state index contributed by atoms with van der Waals surface area (Å²) in [4.78, 5) is 15.9. The molecule has 2 heterocycles. The van der Waals surface area contributed by atoms with Crippen LogP contribution >= 0.6 is 11.6 Å². The molecule has 0 saturated carbocycles. The van der Waals surface area contributed by atoms with Crippen LogP contribution in [0, 0.1) is 13.8 Å². The van der Waals surface area contributed by atoms with Crippen LogP contribution < -0.4 is 10.6 Å². The minimum Gasteiger partial charge on any atom is -0.343 e. The summed E-state index contributed by atoms with van der Waals surface area (Å²) >= 11 is 6.24. The average Bonchev–Trinajstić information content (AvgIpc) is 2.65. The van der Waals surface area contributed by atoms with Crippen LogP contribution in [-0.4, -0.2) is 34.2 Å². The summed E-state index contributed by atoms with van der Waals surface area (Å²) in [7, 11) is 0. The fourth-order valence-corrected chi connectivity index (χ4v) is 3.28. The number of halogens is 1. The molecule has 2 aromatic carbocycles. The second kappa shape index (κ2) is 7.50. The van der Waals surface area contributed by atoms with Gasteiger partial charge in [0.25, 0.3) is 0 Å². The molecule has 0 radical (unpaired) electrons. The van der Waals surface area contributed by atoms with Crippen molar-refractivity contribution in [2.45, 2.75) is 20.4 Å². The van der Waals surface area contributed by atoms with E-state index in [2.05, 4.69) is 55.6 Å². The van der Waals surface area contributed by atoms with Crippen molar-refractivity contribution in [3.63, 3.8) is 0 Å². The number of nitrogens with zero attached hydrogens (tertiary/aromatic N) is 4. The number of hydrogen-bond acceptors (Lipinski definition) is 6. The number of aromatic nitrogens is 2. The predicted octanol–water partition coefficient (Wildman–Crippen LogP) is 3.69. The monoisotopic (exact) mass is 380 g/mol. The highest BCUT2D eigenvalue weighted by Crippen LogP contribution is 2.19. The van der Waals surface area contributed by atoms with Gasteiger partial charge in [-0.2, -0.15) is 0 Å². The van der Waals surface area contributed by atoms with Gasteiger partial charge in [-0.1, -0.05) is 41.9 Å². The highest BCUT2D eigenvalue weighted by molar-refractivity contribution is 6.31. The normalized spacial score (nSPS) is 14.7. The Bertz CT molecular complexity index is 1020. The van der Waals surface area contributed by atoms with Gasteiger partial charge in [-0.25, -0.2) is 15.0 Å². The third kappa shape index (κ3) is 4.02. The number of fused-ring (bicyclic) bond motifs is 1. The van der Waals surface area contributed by atoms with E-state index in [9.17, 15) is 0 Å².